The quantitative estimate of drug-likeness (QED) is 0.0222. The average molecular weight is 1370 g/mol. The van der Waals surface area contributed by atoms with Crippen molar-refractivity contribution in [3.63, 3.8) is 0 Å². The van der Waals surface area contributed by atoms with Crippen LogP contribution in [0.5, 0.6) is 0 Å². The van der Waals surface area contributed by atoms with Crippen molar-refractivity contribution in [3.8, 4) is 0 Å². The van der Waals surface area contributed by atoms with Crippen LogP contribution in [0, 0.1) is 17.8 Å². The zero-order chi connectivity index (χ0) is 68.7. The third kappa shape index (κ3) is 68.4. The summed E-state index contributed by atoms with van der Waals surface area (Å²) in [5, 5.41) is 10.6. The number of esters is 4. The molecule has 17 nitrogen and oxygen atoms in total. The van der Waals surface area contributed by atoms with Gasteiger partial charge in [-0.1, -0.05) is 325 Å². The summed E-state index contributed by atoms with van der Waals surface area (Å²) in [5.74, 6) is 0.207. The monoisotopic (exact) mass is 1370 g/mol. The maximum Gasteiger partial charge on any atom is 0.472 e. The first-order valence-corrected chi connectivity index (χ1v) is 41.3. The van der Waals surface area contributed by atoms with Crippen LogP contribution >= 0.6 is 15.6 Å². The van der Waals surface area contributed by atoms with Gasteiger partial charge in [-0.25, -0.2) is 9.13 Å². The molecule has 0 aromatic rings. The van der Waals surface area contributed by atoms with E-state index in [1.54, 1.807) is 0 Å². The molecular weight excluding hydrogens is 1220 g/mol. The van der Waals surface area contributed by atoms with Crippen LogP contribution < -0.4 is 0 Å². The van der Waals surface area contributed by atoms with Gasteiger partial charge in [0.25, 0.3) is 0 Å². The molecule has 3 N–H and O–H groups in total. The van der Waals surface area contributed by atoms with Gasteiger partial charge in [-0.05, 0) is 43.4 Å². The third-order valence-electron chi connectivity index (χ3n) is 17.1. The number of phosphoric acid groups is 2. The summed E-state index contributed by atoms with van der Waals surface area (Å²) in [6.45, 7) is 11.9. The molecule has 552 valence electrons. The fourth-order valence-corrected chi connectivity index (χ4v) is 12.8. The third-order valence-corrected chi connectivity index (χ3v) is 19.0. The van der Waals surface area contributed by atoms with E-state index >= 15 is 0 Å². The van der Waals surface area contributed by atoms with Gasteiger partial charge in [0.2, 0.25) is 0 Å². The summed E-state index contributed by atoms with van der Waals surface area (Å²) in [5.41, 5.74) is 0. The fourth-order valence-electron chi connectivity index (χ4n) is 11.2. The molecular formula is C74H144O17P2. The molecule has 0 spiro atoms. The number of phosphoric ester groups is 2. The molecule has 0 saturated heterocycles. The highest BCUT2D eigenvalue weighted by atomic mass is 31.2. The first-order valence-electron chi connectivity index (χ1n) is 38.3. The molecule has 0 aromatic heterocycles. The number of ether oxygens (including phenoxy) is 4. The van der Waals surface area contributed by atoms with Gasteiger partial charge in [0.15, 0.2) is 12.2 Å². The van der Waals surface area contributed by atoms with Crippen LogP contribution in [0.4, 0.5) is 0 Å². The van der Waals surface area contributed by atoms with E-state index < -0.39 is 97.5 Å². The van der Waals surface area contributed by atoms with Crippen molar-refractivity contribution in [3.05, 3.63) is 0 Å². The number of hydrogen-bond donors (Lipinski definition) is 3. The largest absolute Gasteiger partial charge is 0.472 e. The second-order valence-electron chi connectivity index (χ2n) is 28.1. The second-order valence-corrected chi connectivity index (χ2v) is 31.0. The molecule has 0 amide bonds. The Morgan fingerprint density at radius 1 is 0.290 bits per heavy atom. The summed E-state index contributed by atoms with van der Waals surface area (Å²) >= 11 is 0. The Morgan fingerprint density at radius 3 is 0.731 bits per heavy atom. The molecule has 0 fully saturated rings. The van der Waals surface area contributed by atoms with Crippen LogP contribution in [0.2, 0.25) is 0 Å². The Morgan fingerprint density at radius 2 is 0.495 bits per heavy atom. The normalized spacial score (nSPS) is 14.1. The van der Waals surface area contributed by atoms with Crippen LogP contribution in [-0.4, -0.2) is 96.7 Å². The van der Waals surface area contributed by atoms with Crippen molar-refractivity contribution in [1.29, 1.82) is 0 Å². The first-order chi connectivity index (χ1) is 44.7. The zero-order valence-electron chi connectivity index (χ0n) is 60.7. The lowest BCUT2D eigenvalue weighted by atomic mass is 10.0. The minimum absolute atomic E-state index is 0.106. The molecule has 19 heteroatoms. The first kappa shape index (κ1) is 91.1. The topological polar surface area (TPSA) is 237 Å². The van der Waals surface area contributed by atoms with Crippen molar-refractivity contribution in [1.82, 2.24) is 0 Å². The van der Waals surface area contributed by atoms with Crippen molar-refractivity contribution in [2.75, 3.05) is 39.6 Å². The highest BCUT2D eigenvalue weighted by molar-refractivity contribution is 7.47. The Bertz CT molecular complexity index is 1820. The summed E-state index contributed by atoms with van der Waals surface area (Å²) in [6, 6.07) is 0. The number of rotatable bonds is 72. The van der Waals surface area contributed by atoms with Crippen molar-refractivity contribution in [2.45, 2.75) is 394 Å². The van der Waals surface area contributed by atoms with Crippen LogP contribution in [0.25, 0.3) is 0 Å². The molecule has 5 atom stereocenters. The molecule has 0 rings (SSSR count). The number of carbonyl (C=O) groups is 4. The molecule has 0 aliphatic carbocycles. The number of aliphatic hydroxyl groups excluding tert-OH is 1. The minimum Gasteiger partial charge on any atom is -0.462 e. The second kappa shape index (κ2) is 64.7. The van der Waals surface area contributed by atoms with Crippen LogP contribution in [0.1, 0.15) is 376 Å². The van der Waals surface area contributed by atoms with Crippen LogP contribution in [-0.2, 0) is 65.4 Å². The van der Waals surface area contributed by atoms with Gasteiger partial charge < -0.3 is 33.8 Å². The van der Waals surface area contributed by atoms with Crippen molar-refractivity contribution < 1.29 is 80.2 Å². The van der Waals surface area contributed by atoms with Gasteiger partial charge in [-0.15, -0.1) is 0 Å². The zero-order valence-corrected chi connectivity index (χ0v) is 62.5. The number of aliphatic hydroxyl groups is 1. The van der Waals surface area contributed by atoms with E-state index in [-0.39, 0.29) is 25.7 Å². The lowest BCUT2D eigenvalue weighted by Crippen LogP contribution is -2.30. The predicted octanol–water partition coefficient (Wildman–Crippen LogP) is 21.4. The van der Waals surface area contributed by atoms with E-state index in [4.69, 9.17) is 37.0 Å². The van der Waals surface area contributed by atoms with E-state index in [1.165, 1.54) is 180 Å². The van der Waals surface area contributed by atoms with Crippen LogP contribution in [0.3, 0.4) is 0 Å². The standard InChI is InChI=1S/C74H144O17P2/c1-8-9-10-11-12-34-41-48-55-71(76)84-61-69(90-74(79)58-51-44-37-30-24-23-27-33-40-47-54-67(6)7)63-88-92(80,81)86-59-68(75)60-87-93(82,83)89-64-70(62-85-72(77)56-49-42-35-28-21-18-17-20-26-32-39-46-53-66(4)5)91-73(78)57-50-43-36-29-22-16-14-13-15-19-25-31-38-45-52-65(2)3/h65-70,75H,8-64H2,1-7H3,(H,80,81)(H,82,83)/t68-,69+,70+/m0/s1. The molecule has 2 unspecified atom stereocenters. The Kier molecular flexibility index (Phi) is 63.4. The van der Waals surface area contributed by atoms with Gasteiger partial charge in [-0.2, -0.15) is 0 Å². The van der Waals surface area contributed by atoms with Gasteiger partial charge in [0.05, 0.1) is 26.4 Å². The molecule has 93 heavy (non-hydrogen) atoms. The number of carbonyl (C=O) groups excluding carboxylic acids is 4. The van der Waals surface area contributed by atoms with E-state index in [1.807, 2.05) is 0 Å². The van der Waals surface area contributed by atoms with Crippen molar-refractivity contribution in [2.24, 2.45) is 17.8 Å². The highest BCUT2D eigenvalue weighted by Crippen LogP contribution is 2.45. The smallest absolute Gasteiger partial charge is 0.462 e. The Hall–Kier alpha value is -1.94. The molecule has 0 aromatic carbocycles. The molecule has 0 heterocycles. The minimum atomic E-state index is -4.96. The summed E-state index contributed by atoms with van der Waals surface area (Å²) in [7, 11) is -9.91. The summed E-state index contributed by atoms with van der Waals surface area (Å²) in [4.78, 5) is 72.7. The van der Waals surface area contributed by atoms with Gasteiger partial charge >= 0.3 is 39.5 Å². The lowest BCUT2D eigenvalue weighted by molar-refractivity contribution is -0.161. The number of unbranched alkanes of at least 4 members (excludes halogenated alkanes) is 40. The molecule has 0 saturated carbocycles. The highest BCUT2D eigenvalue weighted by Gasteiger charge is 2.30. The van der Waals surface area contributed by atoms with Gasteiger partial charge in [-0.3, -0.25) is 37.3 Å². The molecule has 0 bridgehead atoms. The van der Waals surface area contributed by atoms with E-state index in [0.29, 0.717) is 25.7 Å². The molecule has 0 aliphatic rings. The predicted molar refractivity (Wildman–Crippen MR) is 377 cm³/mol. The maximum absolute atomic E-state index is 13.1. The fraction of sp³-hybridized carbons (Fsp3) is 0.946. The number of hydrogen-bond acceptors (Lipinski definition) is 15. The van der Waals surface area contributed by atoms with E-state index in [2.05, 4.69) is 48.5 Å². The van der Waals surface area contributed by atoms with Crippen LogP contribution in [0.15, 0.2) is 0 Å². The van der Waals surface area contributed by atoms with E-state index in [0.717, 1.165) is 114 Å². The summed E-state index contributed by atoms with van der Waals surface area (Å²) < 4.78 is 68.4. The maximum atomic E-state index is 13.1. The van der Waals surface area contributed by atoms with E-state index in [9.17, 15) is 43.2 Å². The van der Waals surface area contributed by atoms with Gasteiger partial charge in [0, 0.05) is 25.7 Å². The molecule has 0 aliphatic heterocycles. The van der Waals surface area contributed by atoms with Crippen molar-refractivity contribution >= 4 is 39.5 Å². The Balaban J connectivity index is 5.23. The Labute approximate surface area is 568 Å². The summed E-state index contributed by atoms with van der Waals surface area (Å²) in [6.07, 6.45) is 49.9. The average Bonchev–Trinajstić information content (AvgIpc) is 3.39. The SMILES string of the molecule is CCCCCCCCCCC(=O)OC[C@H](COP(=O)(O)OC[C@H](O)COP(=O)(O)OC[C@@H](COC(=O)CCCCCCCCCCCCCCC(C)C)OC(=O)CCCCCCCCCCCCCCCCC(C)C)OC(=O)CCCCCCCCCCCCC(C)C. The lowest BCUT2D eigenvalue weighted by Gasteiger charge is -2.21. The van der Waals surface area contributed by atoms with Gasteiger partial charge in [0.1, 0.15) is 19.3 Å². The molecule has 0 radical (unpaired) electrons.